The summed E-state index contributed by atoms with van der Waals surface area (Å²) in [7, 11) is 0. The minimum Gasteiger partial charge on any atom is -0.508 e. The second kappa shape index (κ2) is 10.3. The highest BCUT2D eigenvalue weighted by atomic mass is 32.1. The molecule has 5 rings (SSSR count). The smallest absolute Gasteiger partial charge is 0.234 e. The molecule has 0 saturated carbocycles. The van der Waals surface area contributed by atoms with E-state index < -0.39 is 0 Å². The Morgan fingerprint density at radius 1 is 1.19 bits per heavy atom. The molecule has 2 fully saturated rings. The average Bonchev–Trinajstić information content (AvgIpc) is 3.57. The van der Waals surface area contributed by atoms with E-state index in [-0.39, 0.29) is 41.4 Å². The number of ether oxygens (including phenoxy) is 1. The highest BCUT2D eigenvalue weighted by Crippen LogP contribution is 2.51. The van der Waals surface area contributed by atoms with E-state index in [9.17, 15) is 14.7 Å². The number of rotatable bonds is 8. The topological polar surface area (TPSA) is 66.8 Å². The lowest BCUT2D eigenvalue weighted by atomic mass is 9.67. The van der Waals surface area contributed by atoms with Crippen molar-refractivity contribution in [1.29, 1.82) is 0 Å². The Bertz CT molecular complexity index is 1200. The van der Waals surface area contributed by atoms with Crippen LogP contribution in [-0.2, 0) is 20.9 Å². The highest BCUT2D eigenvalue weighted by molar-refractivity contribution is 7.09. The van der Waals surface area contributed by atoms with Crippen molar-refractivity contribution in [3.8, 4) is 5.75 Å². The van der Waals surface area contributed by atoms with E-state index in [1.165, 1.54) is 21.6 Å². The van der Waals surface area contributed by atoms with Gasteiger partial charge in [-0.25, -0.2) is 0 Å². The van der Waals surface area contributed by atoms with Crippen LogP contribution in [0.3, 0.4) is 0 Å². The quantitative estimate of drug-likeness (QED) is 0.343. The second-order valence-electron chi connectivity index (χ2n) is 10.5. The van der Waals surface area contributed by atoms with E-state index in [2.05, 4.69) is 26.8 Å². The molecule has 190 valence electrons. The van der Waals surface area contributed by atoms with Crippen LogP contribution in [0.2, 0.25) is 0 Å². The fourth-order valence-corrected chi connectivity index (χ4v) is 6.95. The Kier molecular flexibility index (Phi) is 7.18. The SMILES string of the molecule is CC/C(=C\c1cccc(O)c1)CC[C@H]1OC[C@H]2C1=C(C(C)C)C[C@H]1C(=O)N(Cc3cccs3)C(=O)[C@H]12. The van der Waals surface area contributed by atoms with Crippen molar-refractivity contribution in [1.82, 2.24) is 4.90 Å². The number of carbonyl (C=O) groups excluding carboxylic acids is 2. The molecule has 3 heterocycles. The lowest BCUT2D eigenvalue weighted by Gasteiger charge is -2.33. The molecule has 0 bridgehead atoms. The summed E-state index contributed by atoms with van der Waals surface area (Å²) in [6.45, 7) is 7.44. The molecule has 5 nitrogen and oxygen atoms in total. The summed E-state index contributed by atoms with van der Waals surface area (Å²) in [5, 5.41) is 11.8. The molecule has 2 saturated heterocycles. The molecule has 0 radical (unpaired) electrons. The Labute approximate surface area is 217 Å². The molecule has 2 aliphatic heterocycles. The Hall–Kier alpha value is -2.70. The van der Waals surface area contributed by atoms with Gasteiger partial charge in [0.25, 0.3) is 0 Å². The zero-order chi connectivity index (χ0) is 25.4. The Morgan fingerprint density at radius 3 is 2.72 bits per heavy atom. The number of hydrogen-bond acceptors (Lipinski definition) is 5. The average molecular weight is 506 g/mol. The number of phenolic OH excluding ortho intramolecular Hbond substituents is 1. The van der Waals surface area contributed by atoms with Gasteiger partial charge in [-0.15, -0.1) is 11.3 Å². The zero-order valence-electron chi connectivity index (χ0n) is 21.3. The maximum atomic E-state index is 13.5. The van der Waals surface area contributed by atoms with Crippen molar-refractivity contribution in [3.05, 3.63) is 68.9 Å². The summed E-state index contributed by atoms with van der Waals surface area (Å²) < 4.78 is 6.37. The number of benzene rings is 1. The minimum atomic E-state index is -0.298. The summed E-state index contributed by atoms with van der Waals surface area (Å²) in [5.74, 6) is -0.0105. The van der Waals surface area contributed by atoms with Gasteiger partial charge < -0.3 is 9.84 Å². The van der Waals surface area contributed by atoms with Crippen LogP contribution in [0.4, 0.5) is 0 Å². The van der Waals surface area contributed by atoms with E-state index in [0.29, 0.717) is 25.5 Å². The maximum Gasteiger partial charge on any atom is 0.234 e. The molecule has 0 unspecified atom stereocenters. The first-order valence-electron chi connectivity index (χ1n) is 13.1. The Balaban J connectivity index is 1.36. The van der Waals surface area contributed by atoms with Crippen LogP contribution in [0.5, 0.6) is 5.75 Å². The largest absolute Gasteiger partial charge is 0.508 e. The molecule has 1 aromatic carbocycles. The number of likely N-dealkylation sites (tertiary alicyclic amines) is 1. The predicted molar refractivity (Wildman–Crippen MR) is 142 cm³/mol. The first kappa shape index (κ1) is 25.0. The first-order chi connectivity index (χ1) is 17.4. The first-order valence-corrected chi connectivity index (χ1v) is 14.0. The van der Waals surface area contributed by atoms with Crippen LogP contribution in [-0.4, -0.2) is 34.5 Å². The van der Waals surface area contributed by atoms with Crippen LogP contribution in [0.1, 0.15) is 56.9 Å². The summed E-state index contributed by atoms with van der Waals surface area (Å²) in [4.78, 5) is 29.5. The highest BCUT2D eigenvalue weighted by Gasteiger charge is 2.57. The molecule has 1 aliphatic carbocycles. The van der Waals surface area contributed by atoms with E-state index in [4.69, 9.17) is 4.74 Å². The van der Waals surface area contributed by atoms with Gasteiger partial charge in [-0.1, -0.05) is 56.2 Å². The molecular weight excluding hydrogens is 470 g/mol. The number of imide groups is 1. The van der Waals surface area contributed by atoms with Crippen LogP contribution in [0.25, 0.3) is 6.08 Å². The van der Waals surface area contributed by atoms with Gasteiger partial charge in [0.2, 0.25) is 11.8 Å². The molecular formula is C30H35NO4S. The van der Waals surface area contributed by atoms with Crippen LogP contribution < -0.4 is 0 Å². The molecule has 2 amide bonds. The fraction of sp³-hybridized carbons (Fsp3) is 0.467. The van der Waals surface area contributed by atoms with E-state index >= 15 is 0 Å². The number of hydrogen-bond donors (Lipinski definition) is 1. The van der Waals surface area contributed by atoms with Gasteiger partial charge in [0.05, 0.1) is 31.1 Å². The molecule has 1 aromatic heterocycles. The molecule has 36 heavy (non-hydrogen) atoms. The van der Waals surface area contributed by atoms with Crippen molar-refractivity contribution in [2.45, 2.75) is 59.1 Å². The van der Waals surface area contributed by atoms with Gasteiger partial charge in [-0.05, 0) is 66.3 Å². The molecule has 3 aliphatic rings. The third-order valence-corrected chi connectivity index (χ3v) is 8.91. The summed E-state index contributed by atoms with van der Waals surface area (Å²) in [6, 6.07) is 11.3. The monoisotopic (exact) mass is 505 g/mol. The number of amides is 2. The summed E-state index contributed by atoms with van der Waals surface area (Å²) in [5.41, 5.74) is 4.92. The number of aromatic hydroxyl groups is 1. The normalized spacial score (nSPS) is 26.2. The third kappa shape index (κ3) is 4.69. The predicted octanol–water partition coefficient (Wildman–Crippen LogP) is 6.20. The minimum absolute atomic E-state index is 0.00365. The van der Waals surface area contributed by atoms with E-state index in [0.717, 1.165) is 29.7 Å². The number of allylic oxidation sites excluding steroid dienone is 2. The van der Waals surface area contributed by atoms with Gasteiger partial charge in [-0.3, -0.25) is 14.5 Å². The second-order valence-corrected chi connectivity index (χ2v) is 11.6. The van der Waals surface area contributed by atoms with Crippen molar-refractivity contribution in [3.63, 3.8) is 0 Å². The summed E-state index contributed by atoms with van der Waals surface area (Å²) >= 11 is 1.58. The number of fused-ring (bicyclic) bond motifs is 3. The van der Waals surface area contributed by atoms with Crippen molar-refractivity contribution in [2.75, 3.05) is 6.61 Å². The van der Waals surface area contributed by atoms with Crippen LogP contribution in [0.15, 0.2) is 58.5 Å². The van der Waals surface area contributed by atoms with Crippen molar-refractivity contribution >= 4 is 29.2 Å². The molecule has 0 spiro atoms. The zero-order valence-corrected chi connectivity index (χ0v) is 22.1. The van der Waals surface area contributed by atoms with Crippen LogP contribution >= 0.6 is 11.3 Å². The summed E-state index contributed by atoms with van der Waals surface area (Å²) in [6.07, 6.45) is 5.49. The maximum absolute atomic E-state index is 13.5. The molecule has 2 aromatic rings. The number of carbonyl (C=O) groups is 2. The molecule has 4 atom stereocenters. The van der Waals surface area contributed by atoms with Gasteiger partial charge in [0.15, 0.2) is 0 Å². The van der Waals surface area contributed by atoms with E-state index in [1.54, 1.807) is 23.5 Å². The van der Waals surface area contributed by atoms with Crippen molar-refractivity contribution < 1.29 is 19.4 Å². The number of thiophene rings is 1. The molecule has 1 N–H and O–H groups in total. The van der Waals surface area contributed by atoms with Gasteiger partial charge in [0.1, 0.15) is 5.75 Å². The van der Waals surface area contributed by atoms with Gasteiger partial charge in [-0.2, -0.15) is 0 Å². The fourth-order valence-electron chi connectivity index (χ4n) is 6.26. The third-order valence-electron chi connectivity index (χ3n) is 8.05. The number of phenols is 1. The lowest BCUT2D eigenvalue weighted by Crippen LogP contribution is -2.35. The van der Waals surface area contributed by atoms with E-state index in [1.807, 2.05) is 29.6 Å². The van der Waals surface area contributed by atoms with Crippen LogP contribution in [0, 0.1) is 23.7 Å². The Morgan fingerprint density at radius 2 is 2.03 bits per heavy atom. The van der Waals surface area contributed by atoms with Gasteiger partial charge >= 0.3 is 0 Å². The molecule has 6 heteroatoms. The van der Waals surface area contributed by atoms with Gasteiger partial charge in [0, 0.05) is 10.8 Å². The lowest BCUT2D eigenvalue weighted by molar-refractivity contribution is -0.140. The standard InChI is InChI=1S/C30H35NO4S/c1-4-19(13-20-7-5-8-21(32)14-20)10-11-26-27-23(18(2)3)15-24-28(25(27)17-35-26)30(34)31(29(24)33)16-22-9-6-12-36-22/h5-9,12-14,18,24-26,28,32H,4,10-11,15-17H2,1-3H3/b19-13+/t24-,25+,26-,28-/m1/s1. The van der Waals surface area contributed by atoms with Crippen molar-refractivity contribution in [2.24, 2.45) is 23.7 Å². The number of nitrogens with zero attached hydrogens (tertiary/aromatic N) is 1.